The average molecular weight is 511 g/mol. The second-order valence-electron chi connectivity index (χ2n) is 10.7. The van der Waals surface area contributed by atoms with Crippen molar-refractivity contribution in [3.63, 3.8) is 0 Å². The summed E-state index contributed by atoms with van der Waals surface area (Å²) in [7, 11) is 1.80. The van der Waals surface area contributed by atoms with E-state index in [9.17, 15) is 14.4 Å². The highest BCUT2D eigenvalue weighted by atomic mass is 16.6. The lowest BCUT2D eigenvalue weighted by atomic mass is 9.79. The predicted molar refractivity (Wildman–Crippen MR) is 143 cm³/mol. The van der Waals surface area contributed by atoms with E-state index in [2.05, 4.69) is 32.8 Å². The summed E-state index contributed by atoms with van der Waals surface area (Å²) in [6.45, 7) is 11.8. The summed E-state index contributed by atoms with van der Waals surface area (Å²) >= 11 is 0. The van der Waals surface area contributed by atoms with Gasteiger partial charge in [0.15, 0.2) is 0 Å². The van der Waals surface area contributed by atoms with Crippen molar-refractivity contribution in [1.82, 2.24) is 14.9 Å². The second kappa shape index (κ2) is 11.1. The molecule has 2 aromatic rings. The number of rotatable bonds is 5. The van der Waals surface area contributed by atoms with E-state index in [1.807, 2.05) is 26.0 Å². The SMILES string of the molecule is CCc1cc(NC(=O)C(=O)N2C[C@@H](C)CCC2(C)c2ccc(NC)nc2)cnc1NC(=O)OC(C)(C)C. The maximum Gasteiger partial charge on any atom is 0.413 e. The number of ether oxygens (including phenoxy) is 1. The first kappa shape index (κ1) is 27.9. The molecule has 0 aliphatic carbocycles. The molecule has 1 saturated heterocycles. The number of likely N-dealkylation sites (tertiary alicyclic amines) is 1. The van der Waals surface area contributed by atoms with Crippen LogP contribution in [0.1, 0.15) is 65.5 Å². The Labute approximate surface area is 218 Å². The van der Waals surface area contributed by atoms with Crippen molar-refractivity contribution in [1.29, 1.82) is 0 Å². The highest BCUT2D eigenvalue weighted by Crippen LogP contribution is 2.39. The van der Waals surface area contributed by atoms with Gasteiger partial charge in [0.1, 0.15) is 17.2 Å². The van der Waals surface area contributed by atoms with Crippen LogP contribution in [0.5, 0.6) is 0 Å². The molecule has 1 unspecified atom stereocenters. The zero-order chi connectivity index (χ0) is 27.4. The fourth-order valence-corrected chi connectivity index (χ4v) is 4.40. The number of amides is 3. The number of anilines is 3. The van der Waals surface area contributed by atoms with Crippen LogP contribution in [0.15, 0.2) is 30.6 Å². The smallest absolute Gasteiger partial charge is 0.413 e. The molecule has 0 radical (unpaired) electrons. The molecule has 3 heterocycles. The number of aromatic nitrogens is 2. The molecule has 37 heavy (non-hydrogen) atoms. The highest BCUT2D eigenvalue weighted by Gasteiger charge is 2.43. The van der Waals surface area contributed by atoms with Gasteiger partial charge in [-0.3, -0.25) is 14.9 Å². The lowest BCUT2D eigenvalue weighted by Gasteiger charge is -2.46. The van der Waals surface area contributed by atoms with Gasteiger partial charge in [0.05, 0.1) is 17.4 Å². The van der Waals surface area contributed by atoms with Crippen LogP contribution < -0.4 is 16.0 Å². The van der Waals surface area contributed by atoms with Gasteiger partial charge in [-0.25, -0.2) is 14.8 Å². The first-order valence-corrected chi connectivity index (χ1v) is 12.6. The summed E-state index contributed by atoms with van der Waals surface area (Å²) < 4.78 is 5.29. The van der Waals surface area contributed by atoms with Crippen LogP contribution >= 0.6 is 0 Å². The molecule has 0 saturated carbocycles. The van der Waals surface area contributed by atoms with Gasteiger partial charge in [-0.15, -0.1) is 0 Å². The standard InChI is InChI=1S/C27H38N6O4/c1-8-18-13-20(15-30-22(18)32-25(36)37-26(3,4)5)31-23(34)24(35)33-16-17(2)11-12-27(33,6)19-9-10-21(28-7)29-14-19/h9-10,13-15,17H,8,11-12,16H2,1-7H3,(H,28,29)(H,31,34)(H,30,32,36)/t17-,27?/m0/s1. The van der Waals surface area contributed by atoms with Crippen molar-refractivity contribution in [3.05, 3.63) is 41.7 Å². The molecule has 3 N–H and O–H groups in total. The Morgan fingerprint density at radius 2 is 1.89 bits per heavy atom. The van der Waals surface area contributed by atoms with Crippen LogP contribution in [0.4, 0.5) is 22.1 Å². The van der Waals surface area contributed by atoms with Crippen LogP contribution in [0.2, 0.25) is 0 Å². The second-order valence-corrected chi connectivity index (χ2v) is 10.7. The quantitative estimate of drug-likeness (QED) is 0.504. The molecule has 1 aliphatic heterocycles. The number of nitrogens with zero attached hydrogens (tertiary/aromatic N) is 3. The molecule has 3 amide bonds. The third kappa shape index (κ3) is 6.75. The number of piperidine rings is 1. The minimum absolute atomic E-state index is 0.265. The Bertz CT molecular complexity index is 1140. The summed E-state index contributed by atoms with van der Waals surface area (Å²) in [6.07, 6.45) is 4.76. The van der Waals surface area contributed by atoms with Crippen LogP contribution in [-0.2, 0) is 26.3 Å². The lowest BCUT2D eigenvalue weighted by Crippen LogP contribution is -2.55. The van der Waals surface area contributed by atoms with Gasteiger partial charge in [0.2, 0.25) is 0 Å². The molecule has 2 aromatic heterocycles. The van der Waals surface area contributed by atoms with Gasteiger partial charge in [0, 0.05) is 19.8 Å². The first-order valence-electron chi connectivity index (χ1n) is 12.6. The van der Waals surface area contributed by atoms with E-state index < -0.39 is 29.0 Å². The van der Waals surface area contributed by atoms with Crippen LogP contribution in [0.3, 0.4) is 0 Å². The van der Waals surface area contributed by atoms with E-state index in [1.54, 1.807) is 45.0 Å². The molecule has 0 spiro atoms. The topological polar surface area (TPSA) is 126 Å². The first-order chi connectivity index (χ1) is 17.4. The van der Waals surface area contributed by atoms with Crippen molar-refractivity contribution >= 4 is 35.2 Å². The molecule has 10 heteroatoms. The third-order valence-corrected chi connectivity index (χ3v) is 6.52. The Kier molecular flexibility index (Phi) is 8.40. The normalized spacial score (nSPS) is 19.6. The number of pyridine rings is 2. The van der Waals surface area contributed by atoms with Crippen molar-refractivity contribution in [3.8, 4) is 0 Å². The van der Waals surface area contributed by atoms with Crippen LogP contribution in [0, 0.1) is 5.92 Å². The highest BCUT2D eigenvalue weighted by molar-refractivity contribution is 6.39. The number of hydrogen-bond donors (Lipinski definition) is 3. The van der Waals surface area contributed by atoms with Gasteiger partial charge in [-0.05, 0) is 76.1 Å². The minimum Gasteiger partial charge on any atom is -0.444 e. The van der Waals surface area contributed by atoms with Gasteiger partial charge in [-0.1, -0.05) is 19.9 Å². The molecule has 0 bridgehead atoms. The van der Waals surface area contributed by atoms with Gasteiger partial charge >= 0.3 is 17.9 Å². The van der Waals surface area contributed by atoms with Crippen molar-refractivity contribution in [2.75, 3.05) is 29.5 Å². The maximum absolute atomic E-state index is 13.4. The molecule has 0 aromatic carbocycles. The summed E-state index contributed by atoms with van der Waals surface area (Å²) in [6, 6.07) is 5.51. The van der Waals surface area contributed by atoms with E-state index in [4.69, 9.17) is 4.74 Å². The number of carbonyl (C=O) groups excluding carboxylic acids is 3. The van der Waals surface area contributed by atoms with E-state index in [-0.39, 0.29) is 5.92 Å². The van der Waals surface area contributed by atoms with E-state index in [0.717, 1.165) is 24.2 Å². The Morgan fingerprint density at radius 3 is 2.49 bits per heavy atom. The number of nitrogens with one attached hydrogen (secondary N) is 3. The van der Waals surface area contributed by atoms with Crippen LogP contribution in [-0.4, -0.2) is 52.0 Å². The largest absolute Gasteiger partial charge is 0.444 e. The average Bonchev–Trinajstić information content (AvgIpc) is 2.84. The van der Waals surface area contributed by atoms with Crippen LogP contribution in [0.25, 0.3) is 0 Å². The molecule has 10 nitrogen and oxygen atoms in total. The molecule has 2 atom stereocenters. The van der Waals surface area contributed by atoms with Gasteiger partial charge in [-0.2, -0.15) is 0 Å². The Hall–Kier alpha value is -3.69. The van der Waals surface area contributed by atoms with Crippen molar-refractivity contribution < 1.29 is 19.1 Å². The summed E-state index contributed by atoms with van der Waals surface area (Å²) in [5.74, 6) is -0.00877. The Morgan fingerprint density at radius 1 is 1.16 bits per heavy atom. The molecule has 1 fully saturated rings. The summed E-state index contributed by atoms with van der Waals surface area (Å²) in [5, 5.41) is 8.33. The van der Waals surface area contributed by atoms with Gasteiger partial charge in [0.25, 0.3) is 0 Å². The maximum atomic E-state index is 13.4. The molecular weight excluding hydrogens is 472 g/mol. The summed E-state index contributed by atoms with van der Waals surface area (Å²) in [5.41, 5.74) is 0.650. The third-order valence-electron chi connectivity index (χ3n) is 6.52. The predicted octanol–water partition coefficient (Wildman–Crippen LogP) is 4.54. The number of hydrogen-bond acceptors (Lipinski definition) is 7. The summed E-state index contributed by atoms with van der Waals surface area (Å²) in [4.78, 5) is 49.1. The number of carbonyl (C=O) groups is 3. The molecule has 200 valence electrons. The minimum atomic E-state index is -0.739. The fourth-order valence-electron chi connectivity index (χ4n) is 4.40. The molecule has 1 aliphatic rings. The molecular formula is C27H38N6O4. The number of aryl methyl sites for hydroxylation is 1. The van der Waals surface area contributed by atoms with Crippen molar-refractivity contribution in [2.45, 2.75) is 71.9 Å². The fraction of sp³-hybridized carbons (Fsp3) is 0.519. The van der Waals surface area contributed by atoms with Gasteiger partial charge < -0.3 is 20.3 Å². The Balaban J connectivity index is 1.78. The zero-order valence-electron chi connectivity index (χ0n) is 22.8. The lowest BCUT2D eigenvalue weighted by molar-refractivity contribution is -0.150. The zero-order valence-corrected chi connectivity index (χ0v) is 22.8. The van der Waals surface area contributed by atoms with Crippen molar-refractivity contribution in [2.24, 2.45) is 5.92 Å². The van der Waals surface area contributed by atoms with E-state index >= 15 is 0 Å². The van der Waals surface area contributed by atoms with E-state index in [0.29, 0.717) is 30.0 Å². The molecule has 3 rings (SSSR count). The monoisotopic (exact) mass is 510 g/mol. The van der Waals surface area contributed by atoms with E-state index in [1.165, 1.54) is 6.20 Å².